The van der Waals surface area contributed by atoms with Crippen LogP contribution in [0.25, 0.3) is 0 Å². The third-order valence-electron chi connectivity index (χ3n) is 13.6. The third kappa shape index (κ3) is 54.3. The summed E-state index contributed by atoms with van der Waals surface area (Å²) >= 11 is 0. The van der Waals surface area contributed by atoms with E-state index in [0.29, 0.717) is 17.4 Å². The van der Waals surface area contributed by atoms with Gasteiger partial charge >= 0.3 is 0 Å². The number of amides is 1. The van der Waals surface area contributed by atoms with E-state index >= 15 is 0 Å². The molecule has 0 aromatic heterocycles. The monoisotopic (exact) mass is 993 g/mol. The van der Waals surface area contributed by atoms with Crippen molar-refractivity contribution in [2.75, 3.05) is 40.9 Å². The Labute approximate surface area is 429 Å². The van der Waals surface area contributed by atoms with E-state index in [1.54, 1.807) is 6.08 Å². The van der Waals surface area contributed by atoms with Crippen molar-refractivity contribution in [3.05, 3.63) is 36.5 Å². The number of carbonyl (C=O) groups is 1. The maximum Gasteiger partial charge on any atom is 0.268 e. The summed E-state index contributed by atoms with van der Waals surface area (Å²) in [6.45, 7) is 4.61. The number of rotatable bonds is 55. The molecule has 408 valence electrons. The second-order valence-electron chi connectivity index (χ2n) is 21.7. The van der Waals surface area contributed by atoms with Crippen LogP contribution in [0.15, 0.2) is 36.5 Å². The van der Waals surface area contributed by atoms with Crippen LogP contribution in [-0.4, -0.2) is 68.5 Å². The van der Waals surface area contributed by atoms with E-state index in [1.165, 1.54) is 231 Å². The number of allylic oxidation sites excluding steroid dienone is 5. The fourth-order valence-corrected chi connectivity index (χ4v) is 9.60. The van der Waals surface area contributed by atoms with Gasteiger partial charge in [-0.2, -0.15) is 0 Å². The fraction of sp³-hybridized carbons (Fsp3) is 0.883. The lowest BCUT2D eigenvalue weighted by Crippen LogP contribution is -2.45. The molecule has 8 nitrogen and oxygen atoms in total. The molecule has 0 radical (unpaired) electrons. The quantitative estimate of drug-likeness (QED) is 0.0272. The molecule has 0 aliphatic carbocycles. The third-order valence-corrected chi connectivity index (χ3v) is 14.5. The van der Waals surface area contributed by atoms with Gasteiger partial charge in [-0.05, 0) is 57.8 Å². The van der Waals surface area contributed by atoms with Crippen LogP contribution in [0, 0.1) is 0 Å². The number of hydrogen-bond acceptors (Lipinski definition) is 6. The van der Waals surface area contributed by atoms with Crippen LogP contribution in [0.3, 0.4) is 0 Å². The molecule has 0 heterocycles. The van der Waals surface area contributed by atoms with Gasteiger partial charge in [0.05, 0.1) is 39.9 Å². The first-order valence-electron chi connectivity index (χ1n) is 29.9. The minimum absolute atomic E-state index is 0.00554. The van der Waals surface area contributed by atoms with Crippen molar-refractivity contribution in [2.45, 2.75) is 302 Å². The molecule has 69 heavy (non-hydrogen) atoms. The zero-order valence-electron chi connectivity index (χ0n) is 46.5. The summed E-state index contributed by atoms with van der Waals surface area (Å²) in [4.78, 5) is 25.4. The number of carbonyl (C=O) groups excluding carboxylic acids is 1. The summed E-state index contributed by atoms with van der Waals surface area (Å²) in [5.41, 5.74) is 0. The first kappa shape index (κ1) is 67.7. The van der Waals surface area contributed by atoms with Crippen molar-refractivity contribution in [1.29, 1.82) is 0 Å². The SMILES string of the molecule is CCCCCC/C=C/CC/C=C/C(O)C(COP(=O)([O-])OCC[N+](C)(C)C)NC(=O)CCCCCCCCCCCCCCCCCCC/C=C\CCCCCCCCCCCCCCCCCC. The van der Waals surface area contributed by atoms with Crippen LogP contribution in [0.1, 0.15) is 290 Å². The van der Waals surface area contributed by atoms with Gasteiger partial charge in [0.15, 0.2) is 0 Å². The highest BCUT2D eigenvalue weighted by Crippen LogP contribution is 2.38. The summed E-state index contributed by atoms with van der Waals surface area (Å²) in [5.74, 6) is -0.206. The molecule has 0 rings (SSSR count). The zero-order valence-corrected chi connectivity index (χ0v) is 47.4. The molecular weight excluding hydrogens is 876 g/mol. The minimum Gasteiger partial charge on any atom is -0.756 e. The van der Waals surface area contributed by atoms with Crippen molar-refractivity contribution in [3.8, 4) is 0 Å². The van der Waals surface area contributed by atoms with Gasteiger partial charge in [-0.15, -0.1) is 0 Å². The van der Waals surface area contributed by atoms with Gasteiger partial charge in [0.1, 0.15) is 13.2 Å². The van der Waals surface area contributed by atoms with E-state index in [-0.39, 0.29) is 12.5 Å². The van der Waals surface area contributed by atoms with Gasteiger partial charge < -0.3 is 28.8 Å². The molecule has 0 bridgehead atoms. The van der Waals surface area contributed by atoms with Crippen molar-refractivity contribution < 1.29 is 32.9 Å². The van der Waals surface area contributed by atoms with Crippen molar-refractivity contribution in [2.24, 2.45) is 0 Å². The van der Waals surface area contributed by atoms with Gasteiger partial charge in [0, 0.05) is 6.42 Å². The first-order valence-corrected chi connectivity index (χ1v) is 31.3. The number of likely N-dealkylation sites (N-methyl/N-ethyl adjacent to an activating group) is 1. The van der Waals surface area contributed by atoms with Crippen molar-refractivity contribution in [1.82, 2.24) is 5.32 Å². The molecule has 1 amide bonds. The number of nitrogens with one attached hydrogen (secondary N) is 1. The lowest BCUT2D eigenvalue weighted by molar-refractivity contribution is -0.870. The van der Waals surface area contributed by atoms with Crippen molar-refractivity contribution in [3.63, 3.8) is 0 Å². The number of nitrogens with zero attached hydrogens (tertiary/aromatic N) is 1. The summed E-state index contributed by atoms with van der Waals surface area (Å²) in [6.07, 6.45) is 67.0. The van der Waals surface area contributed by atoms with Crippen LogP contribution in [-0.2, 0) is 18.4 Å². The number of aliphatic hydroxyl groups is 1. The number of unbranched alkanes of at least 4 members (excludes halogenated alkanes) is 38. The van der Waals surface area contributed by atoms with E-state index in [2.05, 4.69) is 43.5 Å². The van der Waals surface area contributed by atoms with Gasteiger partial charge in [0.25, 0.3) is 7.82 Å². The van der Waals surface area contributed by atoms with Gasteiger partial charge in [-0.3, -0.25) is 9.36 Å². The van der Waals surface area contributed by atoms with Crippen LogP contribution in [0.5, 0.6) is 0 Å². The Morgan fingerprint density at radius 3 is 1.19 bits per heavy atom. The molecule has 2 N–H and O–H groups in total. The molecular formula is C60H117N2O6P. The molecule has 3 atom stereocenters. The molecule has 0 aliphatic heterocycles. The summed E-state index contributed by atoms with van der Waals surface area (Å²) in [7, 11) is 1.25. The van der Waals surface area contributed by atoms with Gasteiger partial charge in [-0.25, -0.2) is 0 Å². The number of hydrogen-bond donors (Lipinski definition) is 2. The molecule has 0 aromatic carbocycles. The molecule has 0 saturated heterocycles. The number of phosphoric acid groups is 1. The Kier molecular flexibility index (Phi) is 50.7. The molecule has 0 aromatic rings. The summed E-state index contributed by atoms with van der Waals surface area (Å²) in [5, 5.41) is 13.8. The number of aliphatic hydroxyl groups excluding tert-OH is 1. The Bertz CT molecular complexity index is 1220. The van der Waals surface area contributed by atoms with Crippen LogP contribution >= 0.6 is 7.82 Å². The Morgan fingerprint density at radius 2 is 0.812 bits per heavy atom. The normalized spacial score (nSPS) is 14.1. The lowest BCUT2D eigenvalue weighted by Gasteiger charge is -2.29. The predicted molar refractivity (Wildman–Crippen MR) is 298 cm³/mol. The average Bonchev–Trinajstić information content (AvgIpc) is 3.31. The second kappa shape index (κ2) is 51.6. The highest BCUT2D eigenvalue weighted by molar-refractivity contribution is 7.45. The number of phosphoric ester groups is 1. The fourth-order valence-electron chi connectivity index (χ4n) is 8.87. The molecule has 0 aliphatic rings. The van der Waals surface area contributed by atoms with E-state index < -0.39 is 26.6 Å². The Balaban J connectivity index is 3.86. The first-order chi connectivity index (χ1) is 33.5. The van der Waals surface area contributed by atoms with Crippen molar-refractivity contribution >= 4 is 13.7 Å². The van der Waals surface area contributed by atoms with E-state index in [0.717, 1.165) is 38.5 Å². The standard InChI is InChI=1S/C60H117N2O6P/c1-6-8-10-12-14-16-18-19-20-21-22-23-24-25-26-27-28-29-30-31-32-33-34-35-36-37-38-39-40-41-42-43-44-46-48-50-52-54-60(64)61-58(57-68-69(65,66)67-56-55-62(3,4)5)59(63)53-51-49-47-45-17-15-13-11-9-7-2/h17,29-30,45,51,53,58-59,63H,6-16,18-28,31-44,46-50,52,54-57H2,1-5H3,(H-,61,64,65,66)/b30-29-,45-17+,53-51+. The molecule has 3 unspecified atom stereocenters. The largest absolute Gasteiger partial charge is 0.756 e. The molecule has 0 saturated carbocycles. The lowest BCUT2D eigenvalue weighted by atomic mass is 10.0. The topological polar surface area (TPSA) is 108 Å². The van der Waals surface area contributed by atoms with Crippen LogP contribution in [0.2, 0.25) is 0 Å². The number of quaternary nitrogens is 1. The second-order valence-corrected chi connectivity index (χ2v) is 23.1. The van der Waals surface area contributed by atoms with Gasteiger partial charge in [-0.1, -0.05) is 262 Å². The minimum atomic E-state index is -4.59. The van der Waals surface area contributed by atoms with E-state index in [9.17, 15) is 19.4 Å². The maximum absolute atomic E-state index is 12.9. The average molecular weight is 994 g/mol. The highest BCUT2D eigenvalue weighted by atomic mass is 31.2. The Hall–Kier alpha value is -1.28. The van der Waals surface area contributed by atoms with Gasteiger partial charge in [0.2, 0.25) is 5.91 Å². The summed E-state index contributed by atoms with van der Waals surface area (Å²) in [6, 6.07) is -0.900. The maximum atomic E-state index is 12.9. The van der Waals surface area contributed by atoms with E-state index in [4.69, 9.17) is 9.05 Å². The smallest absolute Gasteiger partial charge is 0.268 e. The van der Waals surface area contributed by atoms with Crippen LogP contribution < -0.4 is 10.2 Å². The van der Waals surface area contributed by atoms with E-state index in [1.807, 2.05) is 27.2 Å². The zero-order chi connectivity index (χ0) is 50.6. The Morgan fingerprint density at radius 1 is 0.493 bits per heavy atom. The molecule has 0 spiro atoms. The molecule has 9 heteroatoms. The highest BCUT2D eigenvalue weighted by Gasteiger charge is 2.23. The van der Waals surface area contributed by atoms with Crippen LogP contribution in [0.4, 0.5) is 0 Å². The predicted octanol–water partition coefficient (Wildman–Crippen LogP) is 17.5. The summed E-state index contributed by atoms with van der Waals surface area (Å²) < 4.78 is 23.2. The molecule has 0 fully saturated rings.